The van der Waals surface area contributed by atoms with Crippen LogP contribution >= 0.6 is 0 Å². The molecule has 0 aromatic rings. The van der Waals surface area contributed by atoms with Crippen molar-refractivity contribution in [2.24, 2.45) is 4.99 Å². The molecule has 0 aromatic heterocycles. The third kappa shape index (κ3) is 7.54. The molecule has 0 spiro atoms. The van der Waals surface area contributed by atoms with E-state index in [1.54, 1.807) is 19.0 Å². The van der Waals surface area contributed by atoms with Gasteiger partial charge >= 0.3 is 6.09 Å². The minimum Gasteiger partial charge on any atom is -0.444 e. The van der Waals surface area contributed by atoms with E-state index in [1.807, 2.05) is 20.8 Å². The number of carbonyl (C=O) groups is 1. The largest absolute Gasteiger partial charge is 0.444 e. The molecule has 0 radical (unpaired) electrons. The lowest BCUT2D eigenvalue weighted by Gasteiger charge is -2.26. The maximum absolute atomic E-state index is 11.9. The molecule has 1 fully saturated rings. The highest BCUT2D eigenvalue weighted by Crippen LogP contribution is 2.23. The minimum atomic E-state index is -0.479. The average Bonchev–Trinajstić information content (AvgIpc) is 2.87. The number of ether oxygens (including phenoxy) is 2. The molecule has 0 aromatic carbocycles. The fraction of sp³-hybridized carbons (Fsp3) is 0.875. The molecule has 1 saturated heterocycles. The smallest absolute Gasteiger partial charge is 0.410 e. The minimum absolute atomic E-state index is 0.120. The molecule has 1 rings (SSSR count). The van der Waals surface area contributed by atoms with E-state index >= 15 is 0 Å². The second-order valence-corrected chi connectivity index (χ2v) is 7.16. The normalized spacial score (nSPS) is 21.9. The summed E-state index contributed by atoms with van der Waals surface area (Å²) in [6, 6.07) is 0. The quantitative estimate of drug-likeness (QED) is 0.592. The van der Waals surface area contributed by atoms with Crippen LogP contribution in [-0.4, -0.2) is 68.5 Å². The van der Waals surface area contributed by atoms with Gasteiger partial charge in [-0.3, -0.25) is 4.99 Å². The Morgan fingerprint density at radius 3 is 2.61 bits per heavy atom. The second-order valence-electron chi connectivity index (χ2n) is 7.16. The number of hydrogen-bond donors (Lipinski definition) is 2. The molecule has 1 atom stereocenters. The van der Waals surface area contributed by atoms with Gasteiger partial charge in [0.25, 0.3) is 0 Å². The Morgan fingerprint density at radius 2 is 2.09 bits per heavy atom. The Labute approximate surface area is 139 Å². The van der Waals surface area contributed by atoms with E-state index in [-0.39, 0.29) is 11.7 Å². The van der Waals surface area contributed by atoms with Gasteiger partial charge in [0.1, 0.15) is 5.60 Å². The lowest BCUT2D eigenvalue weighted by atomic mass is 10.0. The van der Waals surface area contributed by atoms with E-state index < -0.39 is 5.60 Å². The van der Waals surface area contributed by atoms with Crippen LogP contribution < -0.4 is 10.6 Å². The van der Waals surface area contributed by atoms with Crippen molar-refractivity contribution in [3.8, 4) is 0 Å². The summed E-state index contributed by atoms with van der Waals surface area (Å²) in [5.41, 5.74) is -0.599. The lowest BCUT2D eigenvalue weighted by Crippen LogP contribution is -2.47. The molecule has 0 aliphatic carbocycles. The van der Waals surface area contributed by atoms with Gasteiger partial charge in [-0.05, 0) is 40.5 Å². The number of likely N-dealkylation sites (N-methyl/N-ethyl adjacent to an activating group) is 1. The van der Waals surface area contributed by atoms with Crippen molar-refractivity contribution in [2.75, 3.05) is 40.3 Å². The number of aliphatic imine (C=N–C) groups is 1. The molecule has 1 unspecified atom stereocenters. The van der Waals surface area contributed by atoms with E-state index in [0.29, 0.717) is 25.6 Å². The highest BCUT2D eigenvalue weighted by molar-refractivity contribution is 5.79. The van der Waals surface area contributed by atoms with Gasteiger partial charge in [0.05, 0.1) is 5.60 Å². The van der Waals surface area contributed by atoms with Gasteiger partial charge in [-0.1, -0.05) is 0 Å². The van der Waals surface area contributed by atoms with Gasteiger partial charge in [0.2, 0.25) is 0 Å². The maximum atomic E-state index is 11.9. The molecule has 2 N–H and O–H groups in total. The highest BCUT2D eigenvalue weighted by Gasteiger charge is 2.29. The van der Waals surface area contributed by atoms with Gasteiger partial charge in [0, 0.05) is 40.3 Å². The first-order valence-corrected chi connectivity index (χ1v) is 8.18. The fourth-order valence-corrected chi connectivity index (χ4v) is 2.24. The third-order valence-corrected chi connectivity index (χ3v) is 3.60. The Morgan fingerprint density at radius 1 is 1.39 bits per heavy atom. The van der Waals surface area contributed by atoms with Crippen molar-refractivity contribution in [1.29, 1.82) is 0 Å². The van der Waals surface area contributed by atoms with Crippen LogP contribution in [0, 0.1) is 0 Å². The Kier molecular flexibility index (Phi) is 7.12. The molecule has 0 saturated carbocycles. The number of nitrogens with one attached hydrogen (secondary N) is 2. The molecule has 134 valence electrons. The van der Waals surface area contributed by atoms with Gasteiger partial charge in [-0.15, -0.1) is 0 Å². The van der Waals surface area contributed by atoms with Gasteiger partial charge in [0.15, 0.2) is 5.96 Å². The maximum Gasteiger partial charge on any atom is 0.410 e. The number of guanidine groups is 1. The number of rotatable bonds is 5. The van der Waals surface area contributed by atoms with Crippen LogP contribution in [0.15, 0.2) is 4.99 Å². The Hall–Kier alpha value is -1.50. The second kappa shape index (κ2) is 8.38. The van der Waals surface area contributed by atoms with Crippen LogP contribution in [0.5, 0.6) is 0 Å². The zero-order chi connectivity index (χ0) is 17.5. The monoisotopic (exact) mass is 328 g/mol. The summed E-state index contributed by atoms with van der Waals surface area (Å²) in [5.74, 6) is 0.708. The molecule has 0 bridgehead atoms. The number of hydrogen-bond acceptors (Lipinski definition) is 4. The van der Waals surface area contributed by atoms with Crippen molar-refractivity contribution in [3.05, 3.63) is 0 Å². The standard InChI is InChI=1S/C16H32N4O3/c1-15(2,3)23-14(21)20(6)10-9-18-13(17-5)19-12-16(4)8-7-11-22-16/h7-12H2,1-6H3,(H2,17,18,19). The third-order valence-electron chi connectivity index (χ3n) is 3.60. The van der Waals surface area contributed by atoms with Crippen LogP contribution in [-0.2, 0) is 9.47 Å². The first-order chi connectivity index (χ1) is 10.7. The predicted octanol–water partition coefficient (Wildman–Crippen LogP) is 1.59. The summed E-state index contributed by atoms with van der Waals surface area (Å²) >= 11 is 0. The van der Waals surface area contributed by atoms with Crippen molar-refractivity contribution < 1.29 is 14.3 Å². The summed E-state index contributed by atoms with van der Waals surface area (Å²) in [6.45, 7) is 10.3. The SMILES string of the molecule is CN=C(NCCN(C)C(=O)OC(C)(C)C)NCC1(C)CCCO1. The molecule has 1 aliphatic heterocycles. The van der Waals surface area contributed by atoms with E-state index in [1.165, 1.54) is 0 Å². The zero-order valence-electron chi connectivity index (χ0n) is 15.4. The average molecular weight is 328 g/mol. The molecule has 1 amide bonds. The molecule has 7 heteroatoms. The molecular formula is C16H32N4O3. The Balaban J connectivity index is 2.28. The van der Waals surface area contributed by atoms with Gasteiger partial charge in [-0.2, -0.15) is 0 Å². The molecular weight excluding hydrogens is 296 g/mol. The highest BCUT2D eigenvalue weighted by atomic mass is 16.6. The molecule has 1 aliphatic rings. The zero-order valence-corrected chi connectivity index (χ0v) is 15.4. The van der Waals surface area contributed by atoms with Crippen molar-refractivity contribution in [1.82, 2.24) is 15.5 Å². The van der Waals surface area contributed by atoms with E-state index in [9.17, 15) is 4.79 Å². The molecule has 23 heavy (non-hydrogen) atoms. The summed E-state index contributed by atoms with van der Waals surface area (Å²) in [6.07, 6.45) is 1.83. The van der Waals surface area contributed by atoms with Crippen molar-refractivity contribution in [3.63, 3.8) is 0 Å². The topological polar surface area (TPSA) is 75.2 Å². The van der Waals surface area contributed by atoms with Crippen molar-refractivity contribution >= 4 is 12.1 Å². The summed E-state index contributed by atoms with van der Waals surface area (Å²) in [7, 11) is 3.45. The molecule has 7 nitrogen and oxygen atoms in total. The predicted molar refractivity (Wildman–Crippen MR) is 91.8 cm³/mol. The number of nitrogens with zero attached hydrogens (tertiary/aromatic N) is 2. The number of carbonyl (C=O) groups excluding carboxylic acids is 1. The molecule has 1 heterocycles. The Bertz CT molecular complexity index is 412. The van der Waals surface area contributed by atoms with Crippen LogP contribution in [0.4, 0.5) is 4.79 Å². The van der Waals surface area contributed by atoms with Crippen LogP contribution in [0.25, 0.3) is 0 Å². The summed E-state index contributed by atoms with van der Waals surface area (Å²) in [4.78, 5) is 17.6. The van der Waals surface area contributed by atoms with Crippen LogP contribution in [0.2, 0.25) is 0 Å². The van der Waals surface area contributed by atoms with Gasteiger partial charge < -0.3 is 25.0 Å². The summed E-state index contributed by atoms with van der Waals surface area (Å²) < 4.78 is 11.0. The van der Waals surface area contributed by atoms with Crippen molar-refractivity contribution in [2.45, 2.75) is 51.7 Å². The van der Waals surface area contributed by atoms with E-state index in [4.69, 9.17) is 9.47 Å². The van der Waals surface area contributed by atoms with E-state index in [2.05, 4.69) is 22.5 Å². The first-order valence-electron chi connectivity index (χ1n) is 8.18. The summed E-state index contributed by atoms with van der Waals surface area (Å²) in [5, 5.41) is 6.47. The lowest BCUT2D eigenvalue weighted by molar-refractivity contribution is 0.0243. The van der Waals surface area contributed by atoms with Gasteiger partial charge in [-0.25, -0.2) is 4.79 Å². The fourth-order valence-electron chi connectivity index (χ4n) is 2.24. The van der Waals surface area contributed by atoms with Crippen LogP contribution in [0.1, 0.15) is 40.5 Å². The van der Waals surface area contributed by atoms with Crippen LogP contribution in [0.3, 0.4) is 0 Å². The number of amides is 1. The first kappa shape index (κ1) is 19.5. The van der Waals surface area contributed by atoms with E-state index in [0.717, 1.165) is 19.4 Å².